The van der Waals surface area contributed by atoms with Gasteiger partial charge >= 0.3 is 0 Å². The third kappa shape index (κ3) is 5.33. The van der Waals surface area contributed by atoms with Crippen molar-refractivity contribution in [2.45, 2.75) is 17.4 Å². The second-order valence-corrected chi connectivity index (χ2v) is 11.5. The number of hydrogen-bond acceptors (Lipinski definition) is 6. The molecule has 2 aromatic rings. The summed E-state index contributed by atoms with van der Waals surface area (Å²) in [4.78, 5) is 29.2. The Bertz CT molecular complexity index is 1190. The Morgan fingerprint density at radius 3 is 2.41 bits per heavy atom. The first-order valence-electron chi connectivity index (χ1n) is 10.6. The number of rotatable bonds is 7. The number of morpholine rings is 1. The molecule has 2 saturated heterocycles. The van der Waals surface area contributed by atoms with E-state index in [-0.39, 0.29) is 27.9 Å². The number of anilines is 1. The zero-order valence-corrected chi connectivity index (χ0v) is 21.9. The van der Waals surface area contributed by atoms with E-state index in [4.69, 9.17) is 27.9 Å². The van der Waals surface area contributed by atoms with E-state index >= 15 is 0 Å². The molecule has 8 nitrogen and oxygen atoms in total. The highest BCUT2D eigenvalue weighted by Gasteiger charge is 2.47. The van der Waals surface area contributed by atoms with Crippen molar-refractivity contribution in [3.8, 4) is 0 Å². The Balaban J connectivity index is 1.68. The molecule has 1 atom stereocenters. The monoisotopic (exact) mass is 589 g/mol. The van der Waals surface area contributed by atoms with Gasteiger partial charge in [0.25, 0.3) is 5.91 Å². The number of halogens is 3. The molecule has 2 aliphatic heterocycles. The van der Waals surface area contributed by atoms with Gasteiger partial charge in [-0.15, -0.1) is 0 Å². The van der Waals surface area contributed by atoms with Gasteiger partial charge in [0.15, 0.2) is 0 Å². The molecule has 12 heteroatoms. The molecule has 182 valence electrons. The Morgan fingerprint density at radius 1 is 1.06 bits per heavy atom. The molecule has 2 fully saturated rings. The van der Waals surface area contributed by atoms with E-state index in [1.54, 1.807) is 24.3 Å². The minimum absolute atomic E-state index is 0.00302. The third-order valence-electron chi connectivity index (χ3n) is 5.78. The summed E-state index contributed by atoms with van der Waals surface area (Å²) in [7, 11) is -4.26. The van der Waals surface area contributed by atoms with E-state index in [1.807, 2.05) is 0 Å². The number of benzene rings is 2. The van der Waals surface area contributed by atoms with E-state index in [0.717, 1.165) is 13.7 Å². The van der Waals surface area contributed by atoms with Crippen molar-refractivity contribution in [1.82, 2.24) is 9.21 Å². The molecule has 0 aromatic heterocycles. The summed E-state index contributed by atoms with van der Waals surface area (Å²) in [5, 5.41) is 0.184. The molecule has 0 bridgehead atoms. The highest BCUT2D eigenvalue weighted by molar-refractivity contribution is 9.10. The summed E-state index contributed by atoms with van der Waals surface area (Å²) in [6.45, 7) is 2.76. The normalized spacial score (nSPS) is 19.9. The molecule has 1 unspecified atom stereocenters. The number of imide groups is 1. The number of carbonyl (C=O) groups is 2. The Kier molecular flexibility index (Phi) is 7.98. The van der Waals surface area contributed by atoms with Crippen molar-refractivity contribution in [2.24, 2.45) is 0 Å². The van der Waals surface area contributed by atoms with Gasteiger partial charge in [0, 0.05) is 35.7 Å². The summed E-state index contributed by atoms with van der Waals surface area (Å²) in [6.07, 6.45) is -0.268. The van der Waals surface area contributed by atoms with Crippen LogP contribution in [0.25, 0.3) is 0 Å². The fraction of sp³-hybridized carbons (Fsp3) is 0.364. The molecule has 4 rings (SSSR count). The van der Waals surface area contributed by atoms with Crippen LogP contribution in [-0.4, -0.2) is 74.9 Å². The smallest absolute Gasteiger partial charge is 0.252 e. The molecule has 2 amide bonds. The van der Waals surface area contributed by atoms with Gasteiger partial charge in [0.05, 0.1) is 30.3 Å². The largest absolute Gasteiger partial charge is 0.379 e. The molecule has 0 N–H and O–H groups in total. The number of carbonyl (C=O) groups excluding carboxylic acids is 2. The maximum Gasteiger partial charge on any atom is 0.252 e. The Morgan fingerprint density at radius 2 is 1.74 bits per heavy atom. The van der Waals surface area contributed by atoms with Crippen LogP contribution in [0.3, 0.4) is 0 Å². The van der Waals surface area contributed by atoms with Crippen LogP contribution in [0.15, 0.2) is 51.8 Å². The quantitative estimate of drug-likeness (QED) is 0.459. The molecular formula is C22H22BrCl2N3O5S. The number of nitrogens with zero attached hydrogens (tertiary/aromatic N) is 3. The van der Waals surface area contributed by atoms with Crippen molar-refractivity contribution >= 4 is 66.7 Å². The fourth-order valence-corrected chi connectivity index (χ4v) is 6.59. The molecular weight excluding hydrogens is 569 g/mol. The van der Waals surface area contributed by atoms with Crippen LogP contribution in [-0.2, 0) is 24.3 Å². The zero-order chi connectivity index (χ0) is 24.5. The van der Waals surface area contributed by atoms with E-state index < -0.39 is 27.9 Å². The van der Waals surface area contributed by atoms with Crippen molar-refractivity contribution < 1.29 is 22.7 Å². The maximum absolute atomic E-state index is 13.8. The minimum Gasteiger partial charge on any atom is -0.379 e. The average Bonchev–Trinajstić information content (AvgIpc) is 3.10. The first kappa shape index (κ1) is 25.6. The van der Waals surface area contributed by atoms with Gasteiger partial charge in [-0.1, -0.05) is 39.1 Å². The second-order valence-electron chi connectivity index (χ2n) is 7.91. The fourth-order valence-electron chi connectivity index (χ4n) is 4.01. The van der Waals surface area contributed by atoms with Gasteiger partial charge < -0.3 is 4.74 Å². The van der Waals surface area contributed by atoms with Gasteiger partial charge in [0.2, 0.25) is 15.9 Å². The van der Waals surface area contributed by atoms with Crippen molar-refractivity contribution in [3.05, 3.63) is 57.0 Å². The SMILES string of the molecule is O=C1CC(N(CCN2CCOCC2)S(=O)(=O)c2cc(Cl)ccc2Cl)C(=O)N1c1ccc(Br)cc1. The first-order chi connectivity index (χ1) is 16.2. The van der Waals surface area contributed by atoms with Gasteiger partial charge in [0.1, 0.15) is 10.9 Å². The van der Waals surface area contributed by atoms with Crippen molar-refractivity contribution in [2.75, 3.05) is 44.3 Å². The van der Waals surface area contributed by atoms with E-state index in [1.165, 1.54) is 18.2 Å². The van der Waals surface area contributed by atoms with Crippen molar-refractivity contribution in [3.63, 3.8) is 0 Å². The van der Waals surface area contributed by atoms with Gasteiger partial charge in [-0.3, -0.25) is 14.5 Å². The van der Waals surface area contributed by atoms with E-state index in [9.17, 15) is 18.0 Å². The number of amides is 2. The molecule has 34 heavy (non-hydrogen) atoms. The summed E-state index contributed by atoms with van der Waals surface area (Å²) >= 11 is 15.6. The summed E-state index contributed by atoms with van der Waals surface area (Å²) in [6, 6.07) is 9.62. The number of sulfonamides is 1. The van der Waals surface area contributed by atoms with Crippen LogP contribution in [0.5, 0.6) is 0 Å². The number of hydrogen-bond donors (Lipinski definition) is 0. The van der Waals surface area contributed by atoms with Gasteiger partial charge in [-0.05, 0) is 42.5 Å². The lowest BCUT2D eigenvalue weighted by molar-refractivity contribution is -0.122. The van der Waals surface area contributed by atoms with E-state index in [2.05, 4.69) is 20.8 Å². The van der Waals surface area contributed by atoms with Crippen LogP contribution < -0.4 is 4.90 Å². The highest BCUT2D eigenvalue weighted by Crippen LogP contribution is 2.33. The molecule has 2 aliphatic rings. The Hall–Kier alpha value is -1.53. The second kappa shape index (κ2) is 10.6. The Labute approximate surface area is 216 Å². The van der Waals surface area contributed by atoms with Crippen LogP contribution in [0.2, 0.25) is 10.0 Å². The summed E-state index contributed by atoms with van der Waals surface area (Å²) in [5.74, 6) is -1.07. The maximum atomic E-state index is 13.8. The van der Waals surface area contributed by atoms with Gasteiger partial charge in [-0.2, -0.15) is 4.31 Å². The summed E-state index contributed by atoms with van der Waals surface area (Å²) < 4.78 is 34.7. The van der Waals surface area contributed by atoms with Crippen LogP contribution in [0.1, 0.15) is 6.42 Å². The highest BCUT2D eigenvalue weighted by atomic mass is 79.9. The standard InChI is InChI=1S/C22H22BrCl2N3O5S/c23-15-1-4-17(5-2-15)28-21(29)14-19(22(28)30)27(8-7-26-9-11-33-12-10-26)34(31,32)20-13-16(24)3-6-18(20)25/h1-6,13,19H,7-12,14H2. The van der Waals surface area contributed by atoms with E-state index in [0.29, 0.717) is 38.5 Å². The van der Waals surface area contributed by atoms with Gasteiger partial charge in [-0.25, -0.2) is 13.3 Å². The molecule has 2 heterocycles. The first-order valence-corrected chi connectivity index (χ1v) is 13.6. The third-order valence-corrected chi connectivity index (χ3v) is 8.93. The average molecular weight is 591 g/mol. The lowest BCUT2D eigenvalue weighted by atomic mass is 10.2. The molecule has 0 radical (unpaired) electrons. The molecule has 2 aromatic carbocycles. The lowest BCUT2D eigenvalue weighted by Gasteiger charge is -2.31. The minimum atomic E-state index is -4.26. The summed E-state index contributed by atoms with van der Waals surface area (Å²) in [5.41, 5.74) is 0.381. The van der Waals surface area contributed by atoms with Crippen LogP contribution >= 0.6 is 39.1 Å². The number of ether oxygens (including phenoxy) is 1. The lowest BCUT2D eigenvalue weighted by Crippen LogP contribution is -2.49. The zero-order valence-electron chi connectivity index (χ0n) is 18.0. The van der Waals surface area contributed by atoms with Crippen LogP contribution in [0, 0.1) is 0 Å². The molecule has 0 spiro atoms. The van der Waals surface area contributed by atoms with Crippen molar-refractivity contribution in [1.29, 1.82) is 0 Å². The topological polar surface area (TPSA) is 87.2 Å². The van der Waals surface area contributed by atoms with Crippen LogP contribution in [0.4, 0.5) is 5.69 Å². The molecule has 0 saturated carbocycles. The molecule has 0 aliphatic carbocycles. The predicted octanol–water partition coefficient (Wildman–Crippen LogP) is 3.41. The predicted molar refractivity (Wildman–Crippen MR) is 133 cm³/mol.